The van der Waals surface area contributed by atoms with Crippen LogP contribution in [0.5, 0.6) is 0 Å². The summed E-state index contributed by atoms with van der Waals surface area (Å²) < 4.78 is 10.2. The standard InChI is InChI=1S/C22H22N6O3/c1-14(2)28-18-10-6-5-9-17(18)27(22(28)30)13-20-23-15-7-3-4-8-16(15)26(20)12-11-19-24-21(29)31-25-19/h3-10,14H,11-13H2,1-2H3,(H,24,25,29). The van der Waals surface area contributed by atoms with E-state index in [9.17, 15) is 9.59 Å². The van der Waals surface area contributed by atoms with Crippen molar-refractivity contribution in [1.29, 1.82) is 0 Å². The van der Waals surface area contributed by atoms with Crippen LogP contribution in [0.4, 0.5) is 0 Å². The van der Waals surface area contributed by atoms with E-state index in [-0.39, 0.29) is 11.7 Å². The Bertz CT molecular complexity index is 1500. The van der Waals surface area contributed by atoms with Gasteiger partial charge in [0.25, 0.3) is 0 Å². The molecule has 0 fully saturated rings. The summed E-state index contributed by atoms with van der Waals surface area (Å²) in [5.41, 5.74) is 3.54. The predicted molar refractivity (Wildman–Crippen MR) is 116 cm³/mol. The van der Waals surface area contributed by atoms with Crippen molar-refractivity contribution in [2.24, 2.45) is 0 Å². The highest BCUT2D eigenvalue weighted by Gasteiger charge is 2.18. The van der Waals surface area contributed by atoms with Crippen molar-refractivity contribution in [3.63, 3.8) is 0 Å². The van der Waals surface area contributed by atoms with Crippen LogP contribution in [-0.2, 0) is 19.5 Å². The van der Waals surface area contributed by atoms with E-state index in [0.29, 0.717) is 25.3 Å². The fraction of sp³-hybridized carbons (Fsp3) is 0.273. The Morgan fingerprint density at radius 1 is 0.968 bits per heavy atom. The van der Waals surface area contributed by atoms with E-state index in [1.165, 1.54) is 0 Å². The van der Waals surface area contributed by atoms with Crippen molar-refractivity contribution < 1.29 is 4.52 Å². The number of nitrogens with one attached hydrogen (secondary N) is 1. The molecule has 3 heterocycles. The van der Waals surface area contributed by atoms with E-state index in [1.54, 1.807) is 4.57 Å². The van der Waals surface area contributed by atoms with Gasteiger partial charge in [0.05, 0.1) is 28.6 Å². The summed E-state index contributed by atoms with van der Waals surface area (Å²) >= 11 is 0. The maximum atomic E-state index is 13.3. The molecule has 158 valence electrons. The summed E-state index contributed by atoms with van der Waals surface area (Å²) in [6.07, 6.45) is 0.474. The average molecular weight is 418 g/mol. The third kappa shape index (κ3) is 3.27. The highest BCUT2D eigenvalue weighted by molar-refractivity contribution is 5.77. The Labute approximate surface area is 176 Å². The Morgan fingerprint density at radius 2 is 1.68 bits per heavy atom. The molecule has 9 heteroatoms. The van der Waals surface area contributed by atoms with Crippen molar-refractivity contribution in [2.45, 2.75) is 39.4 Å². The second-order valence-electron chi connectivity index (χ2n) is 7.78. The first-order valence-corrected chi connectivity index (χ1v) is 10.2. The first-order valence-electron chi connectivity index (χ1n) is 10.2. The van der Waals surface area contributed by atoms with Crippen molar-refractivity contribution >= 4 is 22.1 Å². The number of aromatic amines is 1. The maximum Gasteiger partial charge on any atom is 0.438 e. The molecule has 2 aromatic carbocycles. The van der Waals surface area contributed by atoms with Gasteiger partial charge in [-0.15, -0.1) is 0 Å². The zero-order valence-electron chi connectivity index (χ0n) is 17.3. The predicted octanol–water partition coefficient (Wildman–Crippen LogP) is 2.70. The van der Waals surface area contributed by atoms with E-state index in [0.717, 1.165) is 27.9 Å². The number of aryl methyl sites for hydroxylation is 2. The van der Waals surface area contributed by atoms with Crippen molar-refractivity contribution in [3.8, 4) is 0 Å². The number of aromatic nitrogens is 6. The van der Waals surface area contributed by atoms with E-state index in [2.05, 4.69) is 19.2 Å². The van der Waals surface area contributed by atoms with Crippen LogP contribution in [0.25, 0.3) is 22.1 Å². The average Bonchev–Trinajstić information content (AvgIpc) is 3.41. The molecule has 31 heavy (non-hydrogen) atoms. The Balaban J connectivity index is 1.61. The summed E-state index contributed by atoms with van der Waals surface area (Å²) in [4.78, 5) is 31.9. The summed E-state index contributed by atoms with van der Waals surface area (Å²) in [6.45, 7) is 4.89. The Hall–Kier alpha value is -3.88. The molecule has 3 aromatic heterocycles. The first-order chi connectivity index (χ1) is 15.0. The monoisotopic (exact) mass is 418 g/mol. The SMILES string of the molecule is CC(C)n1c(=O)n(Cc2nc3ccccc3n2CCc2noc(=O)[nH]2)c2ccccc21. The van der Waals surface area contributed by atoms with Gasteiger partial charge in [-0.05, 0) is 38.1 Å². The zero-order chi connectivity index (χ0) is 21.5. The van der Waals surface area contributed by atoms with Crippen LogP contribution in [0, 0.1) is 0 Å². The van der Waals surface area contributed by atoms with Crippen LogP contribution >= 0.6 is 0 Å². The third-order valence-electron chi connectivity index (χ3n) is 5.48. The van der Waals surface area contributed by atoms with Crippen LogP contribution in [0.3, 0.4) is 0 Å². The number of para-hydroxylation sites is 4. The smallest absolute Gasteiger partial charge is 0.326 e. The molecule has 0 amide bonds. The van der Waals surface area contributed by atoms with Crippen molar-refractivity contribution in [1.82, 2.24) is 28.8 Å². The highest BCUT2D eigenvalue weighted by Crippen LogP contribution is 2.21. The molecule has 0 bridgehead atoms. The Kier molecular flexibility index (Phi) is 4.58. The summed E-state index contributed by atoms with van der Waals surface area (Å²) in [7, 11) is 0. The summed E-state index contributed by atoms with van der Waals surface area (Å²) in [6, 6.07) is 15.7. The number of fused-ring (bicyclic) bond motifs is 2. The molecule has 0 aliphatic heterocycles. The van der Waals surface area contributed by atoms with Gasteiger partial charge in [-0.2, -0.15) is 0 Å². The van der Waals surface area contributed by atoms with E-state index >= 15 is 0 Å². The van der Waals surface area contributed by atoms with Gasteiger partial charge < -0.3 is 4.57 Å². The Morgan fingerprint density at radius 3 is 2.39 bits per heavy atom. The second-order valence-corrected chi connectivity index (χ2v) is 7.78. The lowest BCUT2D eigenvalue weighted by atomic mass is 10.3. The van der Waals surface area contributed by atoms with Gasteiger partial charge in [0.1, 0.15) is 5.82 Å². The number of benzene rings is 2. The van der Waals surface area contributed by atoms with E-state index in [1.807, 2.05) is 66.9 Å². The number of rotatable bonds is 6. The largest absolute Gasteiger partial charge is 0.438 e. The van der Waals surface area contributed by atoms with Gasteiger partial charge in [0.2, 0.25) is 0 Å². The quantitative estimate of drug-likeness (QED) is 0.457. The number of nitrogens with zero attached hydrogens (tertiary/aromatic N) is 5. The fourth-order valence-corrected chi connectivity index (χ4v) is 4.11. The third-order valence-corrected chi connectivity index (χ3v) is 5.48. The lowest BCUT2D eigenvalue weighted by molar-refractivity contribution is 0.380. The minimum Gasteiger partial charge on any atom is -0.326 e. The van der Waals surface area contributed by atoms with Crippen LogP contribution < -0.4 is 11.4 Å². The van der Waals surface area contributed by atoms with Crippen LogP contribution in [0.1, 0.15) is 31.5 Å². The summed E-state index contributed by atoms with van der Waals surface area (Å²) in [5, 5.41) is 3.75. The molecule has 0 aliphatic rings. The van der Waals surface area contributed by atoms with Gasteiger partial charge in [0, 0.05) is 19.0 Å². The van der Waals surface area contributed by atoms with Gasteiger partial charge in [-0.25, -0.2) is 14.6 Å². The molecule has 0 atom stereocenters. The molecule has 0 saturated heterocycles. The molecular formula is C22H22N6O3. The number of hydrogen-bond acceptors (Lipinski definition) is 5. The van der Waals surface area contributed by atoms with Gasteiger partial charge in [-0.1, -0.05) is 29.4 Å². The van der Waals surface area contributed by atoms with Gasteiger partial charge >= 0.3 is 11.4 Å². The lowest BCUT2D eigenvalue weighted by Gasteiger charge is -2.09. The van der Waals surface area contributed by atoms with E-state index in [4.69, 9.17) is 4.98 Å². The molecule has 0 saturated carbocycles. The van der Waals surface area contributed by atoms with E-state index < -0.39 is 5.76 Å². The maximum absolute atomic E-state index is 13.3. The van der Waals surface area contributed by atoms with Crippen molar-refractivity contribution in [2.75, 3.05) is 0 Å². The van der Waals surface area contributed by atoms with Crippen LogP contribution in [0.2, 0.25) is 0 Å². The molecular weight excluding hydrogens is 396 g/mol. The summed E-state index contributed by atoms with van der Waals surface area (Å²) in [5.74, 6) is 0.668. The molecule has 9 nitrogen and oxygen atoms in total. The molecule has 0 spiro atoms. The minimum absolute atomic E-state index is 0.0430. The molecule has 5 rings (SSSR count). The molecule has 5 aromatic rings. The molecule has 0 aliphatic carbocycles. The van der Waals surface area contributed by atoms with Crippen molar-refractivity contribution in [3.05, 3.63) is 81.2 Å². The zero-order valence-corrected chi connectivity index (χ0v) is 17.3. The second kappa shape index (κ2) is 7.42. The fourth-order valence-electron chi connectivity index (χ4n) is 4.11. The van der Waals surface area contributed by atoms with Crippen LogP contribution in [0.15, 0.2) is 62.6 Å². The molecule has 0 radical (unpaired) electrons. The normalized spacial score (nSPS) is 11.8. The minimum atomic E-state index is -0.571. The first kappa shape index (κ1) is 19.1. The lowest BCUT2D eigenvalue weighted by Crippen LogP contribution is -2.27. The van der Waals surface area contributed by atoms with Gasteiger partial charge in [0.15, 0.2) is 5.82 Å². The number of hydrogen-bond donors (Lipinski definition) is 1. The molecule has 1 N–H and O–H groups in total. The topological polar surface area (TPSA) is 104 Å². The number of H-pyrrole nitrogens is 1. The van der Waals surface area contributed by atoms with Crippen LogP contribution in [-0.4, -0.2) is 28.8 Å². The van der Waals surface area contributed by atoms with Gasteiger partial charge in [-0.3, -0.25) is 18.6 Å². The highest BCUT2D eigenvalue weighted by atomic mass is 16.5. The molecule has 0 unspecified atom stereocenters. The number of imidazole rings is 2.